The normalized spacial score (nSPS) is 28.4. The van der Waals surface area contributed by atoms with Gasteiger partial charge in [0.05, 0.1) is 17.8 Å². The zero-order valence-corrected chi connectivity index (χ0v) is 39.9. The van der Waals surface area contributed by atoms with Gasteiger partial charge in [0.1, 0.15) is 0 Å². The maximum atomic E-state index is 7.12. The molecule has 0 saturated heterocycles. The van der Waals surface area contributed by atoms with Crippen molar-refractivity contribution in [1.29, 1.82) is 0 Å². The largest absolute Gasteiger partial charge is 0.414 e. The molecule has 3 fully saturated rings. The highest BCUT2D eigenvalue weighted by Gasteiger charge is 2.50. The molecule has 0 amide bonds. The lowest BCUT2D eigenvalue weighted by Crippen LogP contribution is -2.48. The first-order valence-electron chi connectivity index (χ1n) is 20.9. The molecule has 4 rings (SSSR count). The minimum atomic E-state index is -1.89. The van der Waals surface area contributed by atoms with Crippen molar-refractivity contribution < 1.29 is 13.3 Å². The summed E-state index contributed by atoms with van der Waals surface area (Å²) in [4.78, 5) is 0. The topological polar surface area (TPSA) is 27.7 Å². The highest BCUT2D eigenvalue weighted by molar-refractivity contribution is 6.74. The van der Waals surface area contributed by atoms with Crippen LogP contribution in [-0.4, -0.2) is 37.2 Å². The van der Waals surface area contributed by atoms with Gasteiger partial charge in [-0.3, -0.25) is 0 Å². The second-order valence-corrected chi connectivity index (χ2v) is 35.8. The Hall–Kier alpha value is -1.03. The molecule has 3 saturated carbocycles. The van der Waals surface area contributed by atoms with E-state index >= 15 is 0 Å². The second-order valence-electron chi connectivity index (χ2n) is 21.9. The molecule has 0 aromatic heterocycles. The number of hydrogen-bond donors (Lipinski definition) is 0. The fourth-order valence-corrected chi connectivity index (χ4v) is 13.6. The molecule has 1 aromatic carbocycles. The van der Waals surface area contributed by atoms with Gasteiger partial charge in [-0.15, -0.1) is 0 Å². The Bertz CT molecular complexity index is 1430. The molecule has 0 aliphatic heterocycles. The molecule has 3 aliphatic rings. The Balaban J connectivity index is 1.53. The van der Waals surface area contributed by atoms with Crippen LogP contribution in [-0.2, 0) is 18.9 Å². The molecule has 6 heteroatoms. The van der Waals surface area contributed by atoms with E-state index in [2.05, 4.69) is 164 Å². The van der Waals surface area contributed by atoms with Gasteiger partial charge < -0.3 is 13.3 Å². The summed E-state index contributed by atoms with van der Waals surface area (Å²) in [5, 5.41) is 0.403. The molecule has 0 spiro atoms. The Kier molecular flexibility index (Phi) is 13.3. The Labute approximate surface area is 325 Å². The number of allylic oxidation sites excluding steroid dienone is 4. The Morgan fingerprint density at radius 1 is 0.808 bits per heavy atom. The average molecular weight is 765 g/mol. The van der Waals surface area contributed by atoms with E-state index in [4.69, 9.17) is 13.3 Å². The maximum Gasteiger partial charge on any atom is 0.192 e. The minimum Gasteiger partial charge on any atom is -0.414 e. The van der Waals surface area contributed by atoms with Gasteiger partial charge in [-0.05, 0) is 161 Å². The van der Waals surface area contributed by atoms with Crippen molar-refractivity contribution in [1.82, 2.24) is 0 Å². The average Bonchev–Trinajstić information content (AvgIpc) is 3.33. The summed E-state index contributed by atoms with van der Waals surface area (Å²) >= 11 is 0. The first kappa shape index (κ1) is 43.7. The van der Waals surface area contributed by atoms with Gasteiger partial charge in [-0.25, -0.2) is 0 Å². The third kappa shape index (κ3) is 10.6. The van der Waals surface area contributed by atoms with E-state index in [0.29, 0.717) is 23.2 Å². The van der Waals surface area contributed by atoms with Crippen molar-refractivity contribution in [2.75, 3.05) is 0 Å². The van der Waals surface area contributed by atoms with Crippen LogP contribution in [0, 0.1) is 23.2 Å². The SMILES string of the molecule is C[C@H](/C=C/c1cccc(C(C)(C)O[Si](C)(C)C)c1)[C@H]1CC[C@H]2/C(=C/C=C3C[C@@H](O[Si](C)(C)C(C)(C)C)C[C@H](O[Si](C)(C)C(C)(C)C)C3)CCC[C@]12C. The molecule has 294 valence electrons. The summed E-state index contributed by atoms with van der Waals surface area (Å²) < 4.78 is 20.8. The van der Waals surface area contributed by atoms with Crippen molar-refractivity contribution >= 4 is 31.0 Å². The first-order chi connectivity index (χ1) is 23.6. The molecule has 0 unspecified atom stereocenters. The smallest absolute Gasteiger partial charge is 0.192 e. The molecule has 3 nitrogen and oxygen atoms in total. The van der Waals surface area contributed by atoms with E-state index in [0.717, 1.165) is 19.3 Å². The monoisotopic (exact) mass is 765 g/mol. The van der Waals surface area contributed by atoms with Gasteiger partial charge in [-0.2, -0.15) is 0 Å². The third-order valence-corrected chi connectivity index (χ3v) is 24.2. The summed E-state index contributed by atoms with van der Waals surface area (Å²) in [7, 11) is -5.45. The summed E-state index contributed by atoms with van der Waals surface area (Å²) in [6.07, 6.45) is 20.1. The summed E-state index contributed by atoms with van der Waals surface area (Å²) in [6.45, 7) is 40.2. The molecule has 6 atom stereocenters. The van der Waals surface area contributed by atoms with Gasteiger partial charge >= 0.3 is 0 Å². The van der Waals surface area contributed by atoms with E-state index in [-0.39, 0.29) is 27.9 Å². The van der Waals surface area contributed by atoms with Crippen LogP contribution < -0.4 is 0 Å². The summed E-state index contributed by atoms with van der Waals surface area (Å²) in [5.41, 5.74) is 5.86. The predicted octanol–water partition coefficient (Wildman–Crippen LogP) is 14.5. The second kappa shape index (κ2) is 15.8. The van der Waals surface area contributed by atoms with E-state index in [1.165, 1.54) is 48.8 Å². The quantitative estimate of drug-likeness (QED) is 0.210. The number of benzene rings is 1. The number of hydrogen-bond acceptors (Lipinski definition) is 3. The van der Waals surface area contributed by atoms with Crippen molar-refractivity contribution in [2.24, 2.45) is 23.2 Å². The number of rotatable bonds is 11. The maximum absolute atomic E-state index is 7.12. The van der Waals surface area contributed by atoms with Crippen LogP contribution in [0.3, 0.4) is 0 Å². The molecule has 1 aromatic rings. The van der Waals surface area contributed by atoms with Crippen LogP contribution in [0.1, 0.15) is 132 Å². The van der Waals surface area contributed by atoms with Crippen LogP contribution in [0.25, 0.3) is 6.08 Å². The lowest BCUT2D eigenvalue weighted by molar-refractivity contribution is 0.0725. The molecule has 3 aliphatic carbocycles. The van der Waals surface area contributed by atoms with Crippen molar-refractivity contribution in [3.05, 3.63) is 64.8 Å². The summed E-state index contributed by atoms with van der Waals surface area (Å²) in [5.74, 6) is 1.94. The van der Waals surface area contributed by atoms with Crippen LogP contribution >= 0.6 is 0 Å². The van der Waals surface area contributed by atoms with Gasteiger partial charge in [0.25, 0.3) is 0 Å². The fraction of sp³-hybridized carbons (Fsp3) is 0.739. The standard InChI is InChI=1S/C46H80O3Si3/c1-34(23-24-35-20-18-22-38(30-35)45(8,9)49-50(11,12)13)41-27-28-42-37(21-19-29-46(41,42)10)26-25-36-31-39(47-51(14,15)43(2,3)4)33-40(32-36)48-52(16,17)44(5,6)7/h18,20,22-26,30,34,39-42H,19,21,27-29,31-33H2,1-17H3/b24-23+,37-26+/t34-,39-,40-,41-,42+,46-/m1/s1. The van der Waals surface area contributed by atoms with Gasteiger partial charge in [0.2, 0.25) is 0 Å². The highest BCUT2D eigenvalue weighted by atomic mass is 28.4. The molecular weight excluding hydrogens is 685 g/mol. The molecular formula is C46H80O3Si3. The molecule has 0 radical (unpaired) electrons. The summed E-state index contributed by atoms with van der Waals surface area (Å²) in [6, 6.07) is 9.02. The molecule has 52 heavy (non-hydrogen) atoms. The zero-order valence-electron chi connectivity index (χ0n) is 36.9. The van der Waals surface area contributed by atoms with E-state index in [9.17, 15) is 0 Å². The Morgan fingerprint density at radius 2 is 1.38 bits per heavy atom. The lowest BCUT2D eigenvalue weighted by Gasteiger charge is -2.45. The van der Waals surface area contributed by atoms with Gasteiger partial charge in [0, 0.05) is 0 Å². The highest BCUT2D eigenvalue weighted by Crippen LogP contribution is 2.59. The van der Waals surface area contributed by atoms with Crippen molar-refractivity contribution in [3.63, 3.8) is 0 Å². The number of fused-ring (bicyclic) bond motifs is 1. The van der Waals surface area contributed by atoms with Crippen LogP contribution in [0.2, 0.25) is 55.9 Å². The van der Waals surface area contributed by atoms with E-state index in [1.807, 2.05) is 0 Å². The minimum absolute atomic E-state index is 0.202. The van der Waals surface area contributed by atoms with Crippen molar-refractivity contribution in [3.8, 4) is 0 Å². The first-order valence-corrected chi connectivity index (χ1v) is 30.1. The predicted molar refractivity (Wildman–Crippen MR) is 234 cm³/mol. The van der Waals surface area contributed by atoms with Crippen LogP contribution in [0.15, 0.2) is 53.6 Å². The fourth-order valence-electron chi connectivity index (χ4n) is 9.24. The lowest BCUT2D eigenvalue weighted by atomic mass is 9.61. The third-order valence-electron chi connectivity index (χ3n) is 14.0. The van der Waals surface area contributed by atoms with E-state index < -0.39 is 25.0 Å². The molecule has 0 N–H and O–H groups in total. The van der Waals surface area contributed by atoms with Crippen LogP contribution in [0.4, 0.5) is 0 Å². The van der Waals surface area contributed by atoms with Crippen LogP contribution in [0.5, 0.6) is 0 Å². The molecule has 0 heterocycles. The van der Waals surface area contributed by atoms with Gasteiger partial charge in [-0.1, -0.05) is 109 Å². The van der Waals surface area contributed by atoms with Gasteiger partial charge in [0.15, 0.2) is 25.0 Å². The van der Waals surface area contributed by atoms with Crippen molar-refractivity contribution in [2.45, 2.75) is 194 Å². The zero-order chi connectivity index (χ0) is 39.1. The Morgan fingerprint density at radius 3 is 1.92 bits per heavy atom. The molecule has 0 bridgehead atoms. The van der Waals surface area contributed by atoms with E-state index in [1.54, 1.807) is 5.57 Å².